The highest BCUT2D eigenvalue weighted by Gasteiger charge is 2.23. The molecule has 0 aliphatic rings. The normalized spacial score (nSPS) is 13.6. The molecule has 0 aliphatic carbocycles. The number of alkyl halides is 1. The SMILES string of the molecule is CCOc1cc(CC(Cl)C(C)(C)C)ncn1. The highest BCUT2D eigenvalue weighted by Crippen LogP contribution is 2.27. The first-order valence-electron chi connectivity index (χ1n) is 5.51. The molecular formula is C12H19ClN2O. The number of hydrogen-bond acceptors (Lipinski definition) is 3. The van der Waals surface area contributed by atoms with E-state index < -0.39 is 0 Å². The van der Waals surface area contributed by atoms with Crippen LogP contribution in [0.3, 0.4) is 0 Å². The minimum absolute atomic E-state index is 0.0527. The molecule has 1 heterocycles. The molecule has 16 heavy (non-hydrogen) atoms. The Kier molecular flexibility index (Phi) is 4.54. The van der Waals surface area contributed by atoms with Gasteiger partial charge in [0, 0.05) is 23.6 Å². The largest absolute Gasteiger partial charge is 0.478 e. The first-order chi connectivity index (χ1) is 7.43. The summed E-state index contributed by atoms with van der Waals surface area (Å²) in [5.41, 5.74) is 0.992. The molecule has 1 unspecified atom stereocenters. The summed E-state index contributed by atoms with van der Waals surface area (Å²) in [6.45, 7) is 8.90. The van der Waals surface area contributed by atoms with Gasteiger partial charge >= 0.3 is 0 Å². The van der Waals surface area contributed by atoms with E-state index in [-0.39, 0.29) is 10.8 Å². The summed E-state index contributed by atoms with van der Waals surface area (Å²) in [4.78, 5) is 8.22. The molecule has 0 aromatic carbocycles. The van der Waals surface area contributed by atoms with Crippen LogP contribution in [0.15, 0.2) is 12.4 Å². The summed E-state index contributed by atoms with van der Waals surface area (Å²) >= 11 is 6.32. The molecule has 0 fully saturated rings. The predicted molar refractivity (Wildman–Crippen MR) is 66.0 cm³/mol. The smallest absolute Gasteiger partial charge is 0.216 e. The predicted octanol–water partition coefficient (Wildman–Crippen LogP) is 3.07. The molecule has 1 atom stereocenters. The van der Waals surface area contributed by atoms with Gasteiger partial charge in [0.25, 0.3) is 0 Å². The molecule has 1 rings (SSSR count). The Hall–Kier alpha value is -0.830. The number of nitrogens with zero attached hydrogens (tertiary/aromatic N) is 2. The van der Waals surface area contributed by atoms with Crippen molar-refractivity contribution in [1.29, 1.82) is 0 Å². The fourth-order valence-corrected chi connectivity index (χ4v) is 1.36. The van der Waals surface area contributed by atoms with E-state index in [0.717, 1.165) is 12.1 Å². The van der Waals surface area contributed by atoms with Gasteiger partial charge in [0.1, 0.15) is 6.33 Å². The van der Waals surface area contributed by atoms with E-state index >= 15 is 0 Å². The summed E-state index contributed by atoms with van der Waals surface area (Å²) in [6, 6.07) is 1.85. The van der Waals surface area contributed by atoms with Crippen LogP contribution in [0.25, 0.3) is 0 Å². The molecule has 4 heteroatoms. The van der Waals surface area contributed by atoms with Crippen molar-refractivity contribution in [3.05, 3.63) is 18.1 Å². The van der Waals surface area contributed by atoms with E-state index in [0.29, 0.717) is 12.5 Å². The maximum absolute atomic E-state index is 6.32. The summed E-state index contributed by atoms with van der Waals surface area (Å²) < 4.78 is 5.32. The lowest BCUT2D eigenvalue weighted by Gasteiger charge is -2.24. The Morgan fingerprint density at radius 3 is 2.62 bits per heavy atom. The molecule has 1 aromatic rings. The Bertz CT molecular complexity index is 336. The lowest BCUT2D eigenvalue weighted by atomic mass is 9.89. The zero-order valence-electron chi connectivity index (χ0n) is 10.3. The third kappa shape index (κ3) is 3.97. The van der Waals surface area contributed by atoms with E-state index in [1.165, 1.54) is 6.33 Å². The quantitative estimate of drug-likeness (QED) is 0.762. The number of halogens is 1. The second-order valence-electron chi connectivity index (χ2n) is 4.82. The van der Waals surface area contributed by atoms with Crippen molar-refractivity contribution in [1.82, 2.24) is 9.97 Å². The van der Waals surface area contributed by atoms with Gasteiger partial charge in [-0.1, -0.05) is 20.8 Å². The molecule has 0 saturated carbocycles. The number of rotatable bonds is 4. The maximum Gasteiger partial charge on any atom is 0.216 e. The molecule has 0 radical (unpaired) electrons. The molecule has 0 aliphatic heterocycles. The minimum Gasteiger partial charge on any atom is -0.478 e. The zero-order valence-corrected chi connectivity index (χ0v) is 11.1. The molecule has 90 valence electrons. The first-order valence-corrected chi connectivity index (χ1v) is 5.95. The molecule has 0 amide bonds. The van der Waals surface area contributed by atoms with Crippen LogP contribution in [0.4, 0.5) is 0 Å². The van der Waals surface area contributed by atoms with E-state index in [9.17, 15) is 0 Å². The minimum atomic E-state index is 0.0527. The van der Waals surface area contributed by atoms with Gasteiger partial charge in [-0.3, -0.25) is 0 Å². The van der Waals surface area contributed by atoms with Crippen molar-refractivity contribution in [2.45, 2.75) is 39.5 Å². The van der Waals surface area contributed by atoms with Gasteiger partial charge in [0.2, 0.25) is 5.88 Å². The van der Waals surface area contributed by atoms with Crippen LogP contribution in [-0.4, -0.2) is 22.0 Å². The van der Waals surface area contributed by atoms with E-state index in [1.54, 1.807) is 0 Å². The van der Waals surface area contributed by atoms with Crippen molar-refractivity contribution in [3.8, 4) is 5.88 Å². The standard InChI is InChI=1S/C12H19ClN2O/c1-5-16-11-7-9(14-8-15-11)6-10(13)12(2,3)4/h7-8,10H,5-6H2,1-4H3. The number of hydrogen-bond donors (Lipinski definition) is 0. The highest BCUT2D eigenvalue weighted by molar-refractivity contribution is 6.21. The van der Waals surface area contributed by atoms with Gasteiger partial charge in [-0.05, 0) is 12.3 Å². The maximum atomic E-state index is 6.32. The summed E-state index contributed by atoms with van der Waals surface area (Å²) in [5.74, 6) is 0.616. The van der Waals surface area contributed by atoms with Crippen LogP contribution in [0.2, 0.25) is 0 Å². The average molecular weight is 243 g/mol. The average Bonchev–Trinajstić information content (AvgIpc) is 2.17. The van der Waals surface area contributed by atoms with E-state index in [1.807, 2.05) is 13.0 Å². The van der Waals surface area contributed by atoms with Gasteiger partial charge in [-0.25, -0.2) is 9.97 Å². The topological polar surface area (TPSA) is 35.0 Å². The van der Waals surface area contributed by atoms with Crippen molar-refractivity contribution >= 4 is 11.6 Å². The first kappa shape index (κ1) is 13.2. The fourth-order valence-electron chi connectivity index (χ4n) is 1.21. The Balaban J connectivity index is 2.70. The second-order valence-corrected chi connectivity index (χ2v) is 5.35. The number of aromatic nitrogens is 2. The molecule has 0 bridgehead atoms. The lowest BCUT2D eigenvalue weighted by Crippen LogP contribution is -2.23. The second kappa shape index (κ2) is 5.48. The van der Waals surface area contributed by atoms with Gasteiger partial charge in [-0.2, -0.15) is 0 Å². The van der Waals surface area contributed by atoms with Crippen LogP contribution >= 0.6 is 11.6 Å². The van der Waals surface area contributed by atoms with Crippen molar-refractivity contribution in [2.24, 2.45) is 5.41 Å². The third-order valence-electron chi connectivity index (χ3n) is 2.32. The molecule has 0 saturated heterocycles. The van der Waals surface area contributed by atoms with Crippen molar-refractivity contribution < 1.29 is 4.74 Å². The van der Waals surface area contributed by atoms with Crippen molar-refractivity contribution in [3.63, 3.8) is 0 Å². The highest BCUT2D eigenvalue weighted by atomic mass is 35.5. The Morgan fingerprint density at radius 1 is 1.38 bits per heavy atom. The van der Waals surface area contributed by atoms with Crippen LogP contribution in [0.5, 0.6) is 5.88 Å². The molecule has 1 aromatic heterocycles. The van der Waals surface area contributed by atoms with Crippen LogP contribution in [0.1, 0.15) is 33.4 Å². The van der Waals surface area contributed by atoms with Gasteiger partial charge < -0.3 is 4.74 Å². The van der Waals surface area contributed by atoms with Crippen molar-refractivity contribution in [2.75, 3.05) is 6.61 Å². The van der Waals surface area contributed by atoms with Gasteiger partial charge in [0.05, 0.1) is 6.61 Å². The van der Waals surface area contributed by atoms with E-state index in [2.05, 4.69) is 30.7 Å². The summed E-state index contributed by atoms with van der Waals surface area (Å²) in [7, 11) is 0. The number of ether oxygens (including phenoxy) is 1. The fraction of sp³-hybridized carbons (Fsp3) is 0.667. The van der Waals surface area contributed by atoms with Crippen LogP contribution in [-0.2, 0) is 6.42 Å². The van der Waals surface area contributed by atoms with Crippen LogP contribution < -0.4 is 4.74 Å². The Labute approximate surface area is 102 Å². The van der Waals surface area contributed by atoms with Crippen LogP contribution in [0, 0.1) is 5.41 Å². The monoisotopic (exact) mass is 242 g/mol. The van der Waals surface area contributed by atoms with E-state index in [4.69, 9.17) is 16.3 Å². The van der Waals surface area contributed by atoms with Gasteiger partial charge in [0.15, 0.2) is 0 Å². The third-order valence-corrected chi connectivity index (χ3v) is 3.13. The zero-order chi connectivity index (χ0) is 12.2. The molecular weight excluding hydrogens is 224 g/mol. The Morgan fingerprint density at radius 2 is 2.06 bits per heavy atom. The lowest BCUT2D eigenvalue weighted by molar-refractivity contribution is 0.324. The molecule has 3 nitrogen and oxygen atoms in total. The molecule has 0 N–H and O–H groups in total. The van der Waals surface area contributed by atoms with Gasteiger partial charge in [-0.15, -0.1) is 11.6 Å². The molecule has 0 spiro atoms. The summed E-state index contributed by atoms with van der Waals surface area (Å²) in [5, 5.41) is 0.0527. The summed E-state index contributed by atoms with van der Waals surface area (Å²) in [6.07, 6.45) is 2.25.